The van der Waals surface area contributed by atoms with E-state index in [0.717, 1.165) is 36.8 Å². The van der Waals surface area contributed by atoms with E-state index in [1.807, 2.05) is 6.07 Å². The molecule has 0 saturated carbocycles. The fourth-order valence-electron chi connectivity index (χ4n) is 1.28. The summed E-state index contributed by atoms with van der Waals surface area (Å²) in [6, 6.07) is 1.82. The molecule has 4 N–H and O–H groups in total. The number of anilines is 2. The molecule has 0 aliphatic heterocycles. The van der Waals surface area contributed by atoms with E-state index < -0.39 is 0 Å². The SMILES string of the molecule is CCCc1nc(NN)cc(NCCSC)n1. The van der Waals surface area contributed by atoms with E-state index in [4.69, 9.17) is 5.84 Å². The third-order valence-electron chi connectivity index (χ3n) is 2.01. The number of nitrogens with one attached hydrogen (secondary N) is 2. The van der Waals surface area contributed by atoms with E-state index in [2.05, 4.69) is 33.9 Å². The number of hydrogen-bond acceptors (Lipinski definition) is 6. The number of nitrogens with two attached hydrogens (primary N) is 1. The third kappa shape index (κ3) is 4.24. The van der Waals surface area contributed by atoms with Crippen molar-refractivity contribution in [3.8, 4) is 0 Å². The fourth-order valence-corrected chi connectivity index (χ4v) is 1.58. The molecule has 0 spiro atoms. The van der Waals surface area contributed by atoms with Gasteiger partial charge in [-0.1, -0.05) is 6.92 Å². The molecule has 0 saturated heterocycles. The molecule has 0 fully saturated rings. The van der Waals surface area contributed by atoms with Gasteiger partial charge in [-0.3, -0.25) is 0 Å². The Balaban J connectivity index is 2.69. The van der Waals surface area contributed by atoms with Gasteiger partial charge in [0, 0.05) is 24.8 Å². The maximum absolute atomic E-state index is 5.37. The Morgan fingerprint density at radius 3 is 2.75 bits per heavy atom. The van der Waals surface area contributed by atoms with Crippen LogP contribution in [-0.2, 0) is 6.42 Å². The van der Waals surface area contributed by atoms with Crippen LogP contribution < -0.4 is 16.6 Å². The molecule has 16 heavy (non-hydrogen) atoms. The zero-order valence-corrected chi connectivity index (χ0v) is 10.6. The van der Waals surface area contributed by atoms with Gasteiger partial charge in [0.15, 0.2) is 0 Å². The molecule has 0 aromatic carbocycles. The van der Waals surface area contributed by atoms with Gasteiger partial charge in [0.05, 0.1) is 0 Å². The van der Waals surface area contributed by atoms with Crippen molar-refractivity contribution in [3.05, 3.63) is 11.9 Å². The number of rotatable bonds is 7. The first-order valence-electron chi connectivity index (χ1n) is 5.37. The van der Waals surface area contributed by atoms with Gasteiger partial charge in [0.25, 0.3) is 0 Å². The summed E-state index contributed by atoms with van der Waals surface area (Å²) in [7, 11) is 0. The zero-order valence-electron chi connectivity index (χ0n) is 9.79. The number of hydrazine groups is 1. The van der Waals surface area contributed by atoms with Gasteiger partial charge in [0.2, 0.25) is 0 Å². The van der Waals surface area contributed by atoms with Crippen LogP contribution in [0.4, 0.5) is 11.6 Å². The maximum Gasteiger partial charge on any atom is 0.145 e. The molecule has 1 aromatic rings. The average molecular weight is 241 g/mol. The number of thioether (sulfide) groups is 1. The molecule has 1 aromatic heterocycles. The van der Waals surface area contributed by atoms with Crippen LogP contribution in [0.15, 0.2) is 6.07 Å². The lowest BCUT2D eigenvalue weighted by molar-refractivity contribution is 0.835. The Bertz CT molecular complexity index is 318. The molecule has 0 aliphatic carbocycles. The molecule has 6 heteroatoms. The monoisotopic (exact) mass is 241 g/mol. The first kappa shape index (κ1) is 13.1. The van der Waals surface area contributed by atoms with Gasteiger partial charge >= 0.3 is 0 Å². The zero-order chi connectivity index (χ0) is 11.8. The number of hydrogen-bond donors (Lipinski definition) is 3. The lowest BCUT2D eigenvalue weighted by Crippen LogP contribution is -2.13. The van der Waals surface area contributed by atoms with Crippen molar-refractivity contribution in [3.63, 3.8) is 0 Å². The molecular formula is C10H19N5S. The topological polar surface area (TPSA) is 75.9 Å². The molecule has 90 valence electrons. The molecule has 0 amide bonds. The molecule has 0 bridgehead atoms. The van der Waals surface area contributed by atoms with Gasteiger partial charge < -0.3 is 10.7 Å². The molecule has 0 unspecified atom stereocenters. The Labute approximate surface area is 101 Å². The summed E-state index contributed by atoms with van der Waals surface area (Å²) in [5, 5.41) is 3.25. The smallest absolute Gasteiger partial charge is 0.145 e. The van der Waals surface area contributed by atoms with E-state index >= 15 is 0 Å². The number of aromatic nitrogens is 2. The maximum atomic E-state index is 5.37. The predicted molar refractivity (Wildman–Crippen MR) is 70.7 cm³/mol. The van der Waals surface area contributed by atoms with Crippen molar-refractivity contribution in [2.45, 2.75) is 19.8 Å². The lowest BCUT2D eigenvalue weighted by Gasteiger charge is -2.08. The van der Waals surface area contributed by atoms with Gasteiger partial charge in [-0.2, -0.15) is 11.8 Å². The molecule has 0 atom stereocenters. The summed E-state index contributed by atoms with van der Waals surface area (Å²) in [6.07, 6.45) is 3.97. The number of nitrogens with zero attached hydrogens (tertiary/aromatic N) is 2. The second-order valence-electron chi connectivity index (χ2n) is 3.37. The second-order valence-corrected chi connectivity index (χ2v) is 4.35. The summed E-state index contributed by atoms with van der Waals surface area (Å²) in [4.78, 5) is 8.69. The van der Waals surface area contributed by atoms with Crippen LogP contribution >= 0.6 is 11.8 Å². The van der Waals surface area contributed by atoms with Crippen LogP contribution in [0.5, 0.6) is 0 Å². The quantitative estimate of drug-likeness (QED) is 0.381. The van der Waals surface area contributed by atoms with Crippen LogP contribution in [-0.4, -0.2) is 28.5 Å². The van der Waals surface area contributed by atoms with Crippen molar-refractivity contribution in [1.82, 2.24) is 9.97 Å². The molecule has 1 rings (SSSR count). The summed E-state index contributed by atoms with van der Waals surface area (Å²) < 4.78 is 0. The Kier molecular flexibility index (Phi) is 5.95. The first-order chi connectivity index (χ1) is 7.80. The van der Waals surface area contributed by atoms with Crippen molar-refractivity contribution in [2.75, 3.05) is 29.3 Å². The van der Waals surface area contributed by atoms with E-state index in [-0.39, 0.29) is 0 Å². The average Bonchev–Trinajstić information content (AvgIpc) is 2.29. The molecular weight excluding hydrogens is 222 g/mol. The summed E-state index contributed by atoms with van der Waals surface area (Å²) >= 11 is 1.80. The van der Waals surface area contributed by atoms with Crippen molar-refractivity contribution in [1.29, 1.82) is 0 Å². The molecule has 5 nitrogen and oxygen atoms in total. The van der Waals surface area contributed by atoms with Crippen molar-refractivity contribution >= 4 is 23.4 Å². The third-order valence-corrected chi connectivity index (χ3v) is 2.62. The molecule has 0 radical (unpaired) electrons. The minimum Gasteiger partial charge on any atom is -0.369 e. The largest absolute Gasteiger partial charge is 0.369 e. The van der Waals surface area contributed by atoms with Crippen LogP contribution in [0.25, 0.3) is 0 Å². The molecule has 0 aliphatic rings. The van der Waals surface area contributed by atoms with E-state index in [1.165, 1.54) is 0 Å². The highest BCUT2D eigenvalue weighted by atomic mass is 32.2. The Hall–Kier alpha value is -1.01. The second kappa shape index (κ2) is 7.29. The van der Waals surface area contributed by atoms with Crippen molar-refractivity contribution < 1.29 is 0 Å². The number of nitrogen functional groups attached to an aromatic ring is 1. The van der Waals surface area contributed by atoms with Gasteiger partial charge in [0.1, 0.15) is 17.5 Å². The first-order valence-corrected chi connectivity index (χ1v) is 6.77. The number of aryl methyl sites for hydroxylation is 1. The van der Waals surface area contributed by atoms with Gasteiger partial charge in [-0.05, 0) is 12.7 Å². The standard InChI is InChI=1S/C10H19N5S/c1-3-4-8-13-9(12-5-6-16-2)7-10(14-8)15-11/h7H,3-6,11H2,1-2H3,(H2,12,13,14,15). The summed E-state index contributed by atoms with van der Waals surface area (Å²) in [6.45, 7) is 3.00. The van der Waals surface area contributed by atoms with Gasteiger partial charge in [-0.15, -0.1) is 0 Å². The minimum atomic E-state index is 0.658. The lowest BCUT2D eigenvalue weighted by atomic mass is 10.3. The van der Waals surface area contributed by atoms with Crippen LogP contribution in [0.1, 0.15) is 19.2 Å². The predicted octanol–water partition coefficient (Wildman–Crippen LogP) is 1.49. The summed E-state index contributed by atoms with van der Waals surface area (Å²) in [5.41, 5.74) is 2.56. The van der Waals surface area contributed by atoms with Crippen molar-refractivity contribution in [2.24, 2.45) is 5.84 Å². The Morgan fingerprint density at radius 2 is 2.12 bits per heavy atom. The highest BCUT2D eigenvalue weighted by molar-refractivity contribution is 7.98. The van der Waals surface area contributed by atoms with E-state index in [0.29, 0.717) is 5.82 Å². The van der Waals surface area contributed by atoms with Crippen LogP contribution in [0, 0.1) is 0 Å². The van der Waals surface area contributed by atoms with Crippen LogP contribution in [0.2, 0.25) is 0 Å². The van der Waals surface area contributed by atoms with E-state index in [1.54, 1.807) is 11.8 Å². The Morgan fingerprint density at radius 1 is 1.38 bits per heavy atom. The van der Waals surface area contributed by atoms with Crippen LogP contribution in [0.3, 0.4) is 0 Å². The van der Waals surface area contributed by atoms with Gasteiger partial charge in [-0.25, -0.2) is 15.8 Å². The highest BCUT2D eigenvalue weighted by Crippen LogP contribution is 2.11. The fraction of sp³-hybridized carbons (Fsp3) is 0.600. The highest BCUT2D eigenvalue weighted by Gasteiger charge is 2.02. The molecule has 1 heterocycles. The normalized spacial score (nSPS) is 10.2. The van der Waals surface area contributed by atoms with E-state index in [9.17, 15) is 0 Å². The minimum absolute atomic E-state index is 0.658. The summed E-state index contributed by atoms with van der Waals surface area (Å²) in [5.74, 6) is 8.74.